The number of hydrogen-bond donors (Lipinski definition) is 1. The molecular weight excluding hydrogens is 427 g/mol. The Balaban J connectivity index is 0.00000180. The number of piperazine rings is 1. The maximum atomic E-state index is 3.61. The molecule has 1 aliphatic heterocycles. The van der Waals surface area contributed by atoms with E-state index in [1.54, 1.807) is 0 Å². The van der Waals surface area contributed by atoms with Crippen molar-refractivity contribution in [2.75, 3.05) is 26.2 Å². The predicted molar refractivity (Wildman–Crippen MR) is 98.4 cm³/mol. The molecule has 0 radical (unpaired) electrons. The van der Waals surface area contributed by atoms with E-state index in [-0.39, 0.29) is 24.8 Å². The first-order valence-electron chi connectivity index (χ1n) is 6.62. The molecule has 1 aromatic carbocycles. The van der Waals surface area contributed by atoms with Gasteiger partial charge in [0.05, 0.1) is 0 Å². The highest BCUT2D eigenvalue weighted by Crippen LogP contribution is 2.31. The van der Waals surface area contributed by atoms with Crippen LogP contribution < -0.4 is 5.32 Å². The van der Waals surface area contributed by atoms with E-state index in [9.17, 15) is 0 Å². The highest BCUT2D eigenvalue weighted by Gasteiger charge is 2.21. The van der Waals surface area contributed by atoms with E-state index in [4.69, 9.17) is 0 Å². The van der Waals surface area contributed by atoms with Crippen LogP contribution in [0.15, 0.2) is 27.1 Å². The Labute approximate surface area is 151 Å². The molecule has 2 rings (SSSR count). The standard InChI is InChI=1S/C14H20Br2N2.2ClH/c1-2-3-14(18-8-6-17-7-9-18)11-4-5-12(15)13(16)10-11;;/h4-5,10,14,17H,2-3,6-9H2,1H3;2*1H/t14-;;/m1../s1. The van der Waals surface area contributed by atoms with Crippen LogP contribution in [0.4, 0.5) is 0 Å². The van der Waals surface area contributed by atoms with Crippen molar-refractivity contribution in [3.05, 3.63) is 32.7 Å². The highest BCUT2D eigenvalue weighted by molar-refractivity contribution is 9.13. The highest BCUT2D eigenvalue weighted by atomic mass is 79.9. The molecule has 1 heterocycles. The molecule has 1 atom stereocenters. The van der Waals surface area contributed by atoms with Crippen molar-refractivity contribution in [1.82, 2.24) is 10.2 Å². The lowest BCUT2D eigenvalue weighted by molar-refractivity contribution is 0.164. The van der Waals surface area contributed by atoms with Gasteiger partial charge in [-0.3, -0.25) is 4.90 Å². The Kier molecular flexibility index (Phi) is 10.8. The minimum Gasteiger partial charge on any atom is -0.314 e. The van der Waals surface area contributed by atoms with Gasteiger partial charge in [0.15, 0.2) is 0 Å². The van der Waals surface area contributed by atoms with Gasteiger partial charge in [-0.1, -0.05) is 19.4 Å². The fourth-order valence-electron chi connectivity index (χ4n) is 2.55. The lowest BCUT2D eigenvalue weighted by Crippen LogP contribution is -2.45. The minimum atomic E-state index is 0. The van der Waals surface area contributed by atoms with Crippen LogP contribution in [0, 0.1) is 0 Å². The zero-order valence-electron chi connectivity index (χ0n) is 11.6. The van der Waals surface area contributed by atoms with Gasteiger partial charge in [-0.25, -0.2) is 0 Å². The molecule has 116 valence electrons. The Hall–Kier alpha value is 0.680. The van der Waals surface area contributed by atoms with Crippen LogP contribution >= 0.6 is 56.7 Å². The number of halogens is 4. The summed E-state index contributed by atoms with van der Waals surface area (Å²) in [7, 11) is 0. The molecule has 1 saturated heterocycles. The number of nitrogens with one attached hydrogen (secondary N) is 1. The molecule has 2 nitrogen and oxygen atoms in total. The first-order chi connectivity index (χ1) is 8.72. The van der Waals surface area contributed by atoms with Crippen LogP contribution in [0.2, 0.25) is 0 Å². The molecule has 1 fully saturated rings. The second-order valence-corrected chi connectivity index (χ2v) is 6.47. The first kappa shape index (κ1) is 20.7. The third kappa shape index (κ3) is 5.47. The van der Waals surface area contributed by atoms with E-state index in [2.05, 4.69) is 67.2 Å². The summed E-state index contributed by atoms with van der Waals surface area (Å²) in [5, 5.41) is 3.43. The number of rotatable bonds is 4. The molecule has 20 heavy (non-hydrogen) atoms. The molecule has 1 aliphatic rings. The van der Waals surface area contributed by atoms with Crippen molar-refractivity contribution in [2.24, 2.45) is 0 Å². The molecule has 0 bridgehead atoms. The molecular formula is C14H22Br2Cl2N2. The maximum absolute atomic E-state index is 3.61. The lowest BCUT2D eigenvalue weighted by Gasteiger charge is -2.35. The van der Waals surface area contributed by atoms with Crippen LogP contribution in [0.1, 0.15) is 31.4 Å². The molecule has 0 amide bonds. The third-order valence-corrected chi connectivity index (χ3v) is 5.36. The molecule has 1 aromatic rings. The SMILES string of the molecule is CCC[C@H](c1ccc(Br)c(Br)c1)N1CCNCC1.Cl.Cl. The van der Waals surface area contributed by atoms with E-state index in [1.807, 2.05) is 0 Å². The summed E-state index contributed by atoms with van der Waals surface area (Å²) in [4.78, 5) is 2.61. The van der Waals surface area contributed by atoms with E-state index in [0.29, 0.717) is 6.04 Å². The van der Waals surface area contributed by atoms with Crippen molar-refractivity contribution in [1.29, 1.82) is 0 Å². The van der Waals surface area contributed by atoms with Crippen LogP contribution in [0.5, 0.6) is 0 Å². The number of hydrogen-bond acceptors (Lipinski definition) is 2. The first-order valence-corrected chi connectivity index (χ1v) is 8.20. The summed E-state index contributed by atoms with van der Waals surface area (Å²) >= 11 is 7.15. The zero-order valence-corrected chi connectivity index (χ0v) is 16.4. The monoisotopic (exact) mass is 446 g/mol. The fraction of sp³-hybridized carbons (Fsp3) is 0.571. The van der Waals surface area contributed by atoms with Crippen LogP contribution in [0.25, 0.3) is 0 Å². The number of nitrogens with zero attached hydrogens (tertiary/aromatic N) is 1. The fourth-order valence-corrected chi connectivity index (χ4v) is 3.19. The Bertz CT molecular complexity index is 399. The van der Waals surface area contributed by atoms with Crippen LogP contribution in [0.3, 0.4) is 0 Å². The summed E-state index contributed by atoms with van der Waals surface area (Å²) < 4.78 is 2.28. The van der Waals surface area contributed by atoms with Gasteiger partial charge in [0, 0.05) is 41.2 Å². The molecule has 6 heteroatoms. The van der Waals surface area contributed by atoms with Crippen molar-refractivity contribution in [3.8, 4) is 0 Å². The van der Waals surface area contributed by atoms with Gasteiger partial charge in [0.2, 0.25) is 0 Å². The zero-order chi connectivity index (χ0) is 13.0. The minimum absolute atomic E-state index is 0. The van der Waals surface area contributed by atoms with Crippen molar-refractivity contribution in [2.45, 2.75) is 25.8 Å². The average molecular weight is 449 g/mol. The second kappa shape index (κ2) is 10.4. The van der Waals surface area contributed by atoms with Gasteiger partial charge in [-0.15, -0.1) is 24.8 Å². The van der Waals surface area contributed by atoms with E-state index in [0.717, 1.165) is 35.1 Å². The van der Waals surface area contributed by atoms with Crippen molar-refractivity contribution >= 4 is 56.7 Å². The van der Waals surface area contributed by atoms with Gasteiger partial charge >= 0.3 is 0 Å². The van der Waals surface area contributed by atoms with Crippen LogP contribution in [-0.2, 0) is 0 Å². The molecule has 0 aromatic heterocycles. The topological polar surface area (TPSA) is 15.3 Å². The quantitative estimate of drug-likeness (QED) is 0.711. The van der Waals surface area contributed by atoms with Gasteiger partial charge < -0.3 is 5.32 Å². The predicted octanol–water partition coefficient (Wildman–Crippen LogP) is 4.80. The smallest absolute Gasteiger partial charge is 0.0349 e. The van der Waals surface area contributed by atoms with Crippen LogP contribution in [-0.4, -0.2) is 31.1 Å². The summed E-state index contributed by atoms with van der Waals surface area (Å²) in [6.07, 6.45) is 2.45. The second-order valence-electron chi connectivity index (χ2n) is 4.76. The van der Waals surface area contributed by atoms with Gasteiger partial charge in [-0.2, -0.15) is 0 Å². The molecule has 0 unspecified atom stereocenters. The van der Waals surface area contributed by atoms with Crippen molar-refractivity contribution < 1.29 is 0 Å². The van der Waals surface area contributed by atoms with Gasteiger partial charge in [-0.05, 0) is 56.0 Å². The average Bonchev–Trinajstić information content (AvgIpc) is 2.40. The van der Waals surface area contributed by atoms with Gasteiger partial charge in [0.1, 0.15) is 0 Å². The summed E-state index contributed by atoms with van der Waals surface area (Å²) in [6.45, 7) is 6.79. The molecule has 0 spiro atoms. The van der Waals surface area contributed by atoms with E-state index < -0.39 is 0 Å². The Morgan fingerprint density at radius 1 is 1.15 bits per heavy atom. The van der Waals surface area contributed by atoms with Crippen molar-refractivity contribution in [3.63, 3.8) is 0 Å². The number of benzene rings is 1. The molecule has 1 N–H and O–H groups in total. The van der Waals surface area contributed by atoms with E-state index >= 15 is 0 Å². The molecule has 0 aliphatic carbocycles. The Morgan fingerprint density at radius 2 is 1.80 bits per heavy atom. The molecule has 0 saturated carbocycles. The summed E-state index contributed by atoms with van der Waals surface area (Å²) in [5.41, 5.74) is 1.42. The summed E-state index contributed by atoms with van der Waals surface area (Å²) in [5.74, 6) is 0. The normalized spacial score (nSPS) is 16.9. The summed E-state index contributed by atoms with van der Waals surface area (Å²) in [6, 6.07) is 7.20. The maximum Gasteiger partial charge on any atom is 0.0349 e. The largest absolute Gasteiger partial charge is 0.314 e. The third-order valence-electron chi connectivity index (χ3n) is 3.48. The van der Waals surface area contributed by atoms with Gasteiger partial charge in [0.25, 0.3) is 0 Å². The van der Waals surface area contributed by atoms with E-state index in [1.165, 1.54) is 18.4 Å². The lowest BCUT2D eigenvalue weighted by atomic mass is 10.00. The Morgan fingerprint density at radius 3 is 2.35 bits per heavy atom.